The van der Waals surface area contributed by atoms with Crippen LogP contribution in [0.2, 0.25) is 0 Å². The van der Waals surface area contributed by atoms with Gasteiger partial charge in [-0.1, -0.05) is 74.5 Å². The highest BCUT2D eigenvalue weighted by Crippen LogP contribution is 2.09. The van der Waals surface area contributed by atoms with Gasteiger partial charge in [-0.05, 0) is 41.9 Å². The highest BCUT2D eigenvalue weighted by atomic mass is 32.2. The molecule has 206 valence electrons. The Hall–Kier alpha value is -3.53. The van der Waals surface area contributed by atoms with Gasteiger partial charge in [-0.2, -0.15) is 11.8 Å². The lowest BCUT2D eigenvalue weighted by molar-refractivity contribution is -0.142. The molecule has 5 N–H and O–H groups in total. The number of benzene rings is 2. The van der Waals surface area contributed by atoms with Gasteiger partial charge in [0, 0.05) is 13.0 Å². The molecule has 38 heavy (non-hydrogen) atoms. The second kappa shape index (κ2) is 16.3. The summed E-state index contributed by atoms with van der Waals surface area (Å²) >= 11 is 1.54. The molecule has 3 atom stereocenters. The third-order valence-corrected chi connectivity index (χ3v) is 6.41. The summed E-state index contributed by atoms with van der Waals surface area (Å²) in [5, 5.41) is 20.5. The van der Waals surface area contributed by atoms with E-state index >= 15 is 0 Å². The number of amides is 4. The predicted molar refractivity (Wildman–Crippen MR) is 150 cm³/mol. The Balaban J connectivity index is 2.06. The van der Waals surface area contributed by atoms with Crippen molar-refractivity contribution in [3.05, 3.63) is 71.8 Å². The zero-order chi connectivity index (χ0) is 27.9. The van der Waals surface area contributed by atoms with E-state index in [-0.39, 0.29) is 12.3 Å². The van der Waals surface area contributed by atoms with E-state index in [0.29, 0.717) is 25.1 Å². The van der Waals surface area contributed by atoms with Gasteiger partial charge in [0.15, 0.2) is 0 Å². The van der Waals surface area contributed by atoms with Crippen molar-refractivity contribution in [2.45, 2.75) is 57.8 Å². The van der Waals surface area contributed by atoms with Crippen LogP contribution in [-0.4, -0.2) is 59.1 Å². The molecule has 0 bridgehead atoms. The zero-order valence-corrected chi connectivity index (χ0v) is 22.9. The number of carbonyl (C=O) groups is 4. The van der Waals surface area contributed by atoms with E-state index in [1.807, 2.05) is 56.5 Å². The first-order valence-corrected chi connectivity index (χ1v) is 14.0. The highest BCUT2D eigenvalue weighted by Gasteiger charge is 2.30. The van der Waals surface area contributed by atoms with E-state index < -0.39 is 41.9 Å². The number of carboxylic acid groups (broad SMARTS) is 1. The van der Waals surface area contributed by atoms with Gasteiger partial charge in [0.05, 0.1) is 0 Å². The average molecular weight is 543 g/mol. The lowest BCUT2D eigenvalue weighted by Gasteiger charge is -2.25. The molecule has 0 aliphatic rings. The molecule has 0 aromatic heterocycles. The number of hydrogen-bond donors (Lipinski definition) is 5. The molecule has 0 saturated carbocycles. The smallest absolute Gasteiger partial charge is 0.326 e. The van der Waals surface area contributed by atoms with Gasteiger partial charge in [0.1, 0.15) is 18.1 Å². The van der Waals surface area contributed by atoms with Crippen LogP contribution >= 0.6 is 11.8 Å². The molecule has 0 spiro atoms. The number of carbonyl (C=O) groups excluding carboxylic acids is 3. The minimum absolute atomic E-state index is 0.0511. The second-order valence-electron chi connectivity index (χ2n) is 9.43. The average Bonchev–Trinajstić information content (AvgIpc) is 2.89. The lowest BCUT2D eigenvalue weighted by Crippen LogP contribution is -2.57. The van der Waals surface area contributed by atoms with Crippen LogP contribution in [0.1, 0.15) is 37.8 Å². The van der Waals surface area contributed by atoms with E-state index in [2.05, 4.69) is 21.3 Å². The number of carboxylic acids is 1. The molecular formula is C28H38N4O5S. The fourth-order valence-corrected chi connectivity index (χ4v) is 4.26. The van der Waals surface area contributed by atoms with Crippen molar-refractivity contribution in [2.75, 3.05) is 12.0 Å². The number of urea groups is 1. The summed E-state index contributed by atoms with van der Waals surface area (Å²) in [6, 6.07) is 15.0. The van der Waals surface area contributed by atoms with Crippen molar-refractivity contribution in [3.8, 4) is 0 Å². The fraction of sp³-hybridized carbons (Fsp3) is 0.429. The van der Waals surface area contributed by atoms with Crippen molar-refractivity contribution in [1.82, 2.24) is 21.3 Å². The van der Waals surface area contributed by atoms with E-state index in [1.54, 1.807) is 24.3 Å². The lowest BCUT2D eigenvalue weighted by atomic mass is 10.0. The summed E-state index contributed by atoms with van der Waals surface area (Å²) < 4.78 is 0. The molecule has 0 unspecified atom stereocenters. The number of aliphatic carboxylic acids is 1. The molecule has 2 rings (SSSR count). The fourth-order valence-electron chi connectivity index (χ4n) is 3.79. The quantitative estimate of drug-likeness (QED) is 0.235. The minimum Gasteiger partial charge on any atom is -0.480 e. The monoisotopic (exact) mass is 542 g/mol. The molecule has 0 saturated heterocycles. The maximum Gasteiger partial charge on any atom is 0.326 e. The summed E-state index contributed by atoms with van der Waals surface area (Å²) in [4.78, 5) is 50.7. The maximum absolute atomic E-state index is 13.2. The Morgan fingerprint density at radius 2 is 1.34 bits per heavy atom. The van der Waals surface area contributed by atoms with Crippen LogP contribution in [0.15, 0.2) is 60.7 Å². The van der Waals surface area contributed by atoms with Crippen LogP contribution in [0, 0.1) is 5.92 Å². The molecule has 0 aliphatic carbocycles. The Bertz CT molecular complexity index is 1040. The molecule has 0 aliphatic heterocycles. The summed E-state index contributed by atoms with van der Waals surface area (Å²) in [7, 11) is 0. The van der Waals surface area contributed by atoms with Crippen molar-refractivity contribution >= 4 is 35.6 Å². The van der Waals surface area contributed by atoms with E-state index in [0.717, 1.165) is 11.1 Å². The van der Waals surface area contributed by atoms with Crippen LogP contribution < -0.4 is 21.3 Å². The Morgan fingerprint density at radius 1 is 0.789 bits per heavy atom. The third-order valence-electron chi connectivity index (χ3n) is 5.77. The topological polar surface area (TPSA) is 137 Å². The SMILES string of the molecule is CSCC[C@H](NC(=O)NCc1ccccc1)C(=O)N[C@@H](CC(C)C)C(=O)N[C@@H](Cc1ccccc1)C(=O)O. The van der Waals surface area contributed by atoms with Crippen LogP contribution in [0.25, 0.3) is 0 Å². The largest absolute Gasteiger partial charge is 0.480 e. The van der Waals surface area contributed by atoms with Gasteiger partial charge in [-0.25, -0.2) is 9.59 Å². The third kappa shape index (κ3) is 11.2. The number of thioether (sulfide) groups is 1. The summed E-state index contributed by atoms with van der Waals surface area (Å²) in [5.41, 5.74) is 1.69. The van der Waals surface area contributed by atoms with E-state index in [9.17, 15) is 24.3 Å². The van der Waals surface area contributed by atoms with Crippen molar-refractivity contribution in [3.63, 3.8) is 0 Å². The molecule has 2 aromatic carbocycles. The van der Waals surface area contributed by atoms with Crippen molar-refractivity contribution in [1.29, 1.82) is 0 Å². The first-order valence-electron chi connectivity index (χ1n) is 12.6. The number of nitrogens with one attached hydrogen (secondary N) is 4. The van der Waals surface area contributed by atoms with E-state index in [1.165, 1.54) is 11.8 Å². The number of hydrogen-bond acceptors (Lipinski definition) is 5. The molecule has 0 heterocycles. The molecule has 0 radical (unpaired) electrons. The van der Waals surface area contributed by atoms with Gasteiger partial charge in [-0.3, -0.25) is 9.59 Å². The van der Waals surface area contributed by atoms with Gasteiger partial charge in [-0.15, -0.1) is 0 Å². The zero-order valence-electron chi connectivity index (χ0n) is 22.1. The minimum atomic E-state index is -1.16. The van der Waals surface area contributed by atoms with E-state index in [4.69, 9.17) is 0 Å². The van der Waals surface area contributed by atoms with Crippen LogP contribution in [0.5, 0.6) is 0 Å². The Labute approximate surface area is 228 Å². The standard InChI is InChI=1S/C28H38N4O5S/c1-19(2)16-23(26(34)31-24(27(35)36)17-20-10-6-4-7-11-20)30-25(33)22(14-15-38-3)32-28(37)29-18-21-12-8-5-9-13-21/h4-13,19,22-24H,14-18H2,1-3H3,(H,30,33)(H,31,34)(H,35,36)(H2,29,32,37)/t22-,23-,24-/m0/s1. The maximum atomic E-state index is 13.2. The van der Waals surface area contributed by atoms with Gasteiger partial charge in [0.2, 0.25) is 11.8 Å². The highest BCUT2D eigenvalue weighted by molar-refractivity contribution is 7.98. The van der Waals surface area contributed by atoms with Crippen molar-refractivity contribution in [2.24, 2.45) is 5.92 Å². The van der Waals surface area contributed by atoms with Gasteiger partial charge < -0.3 is 26.4 Å². The second-order valence-corrected chi connectivity index (χ2v) is 10.4. The molecule has 0 fully saturated rings. The molecule has 4 amide bonds. The van der Waals surface area contributed by atoms with Crippen molar-refractivity contribution < 1.29 is 24.3 Å². The first-order chi connectivity index (χ1) is 18.2. The Kier molecular flexibility index (Phi) is 13.2. The molecule has 9 nitrogen and oxygen atoms in total. The predicted octanol–water partition coefficient (Wildman–Crippen LogP) is 2.95. The molecular weight excluding hydrogens is 504 g/mol. The van der Waals surface area contributed by atoms with Gasteiger partial charge >= 0.3 is 12.0 Å². The van der Waals surface area contributed by atoms with Crippen LogP contribution in [0.3, 0.4) is 0 Å². The molecule has 10 heteroatoms. The van der Waals surface area contributed by atoms with Crippen LogP contribution in [0.4, 0.5) is 4.79 Å². The summed E-state index contributed by atoms with van der Waals surface area (Å²) in [6.07, 6.45) is 2.69. The summed E-state index contributed by atoms with van der Waals surface area (Å²) in [6.45, 7) is 4.12. The van der Waals surface area contributed by atoms with Gasteiger partial charge in [0.25, 0.3) is 0 Å². The normalized spacial score (nSPS) is 13.2. The first kappa shape index (κ1) is 30.7. The van der Waals surface area contributed by atoms with Crippen LogP contribution in [-0.2, 0) is 27.3 Å². The molecule has 2 aromatic rings. The number of rotatable bonds is 15. The summed E-state index contributed by atoms with van der Waals surface area (Å²) in [5.74, 6) is -1.56. The Morgan fingerprint density at radius 3 is 1.89 bits per heavy atom.